The van der Waals surface area contributed by atoms with Crippen molar-refractivity contribution < 1.29 is 36.0 Å². The van der Waals surface area contributed by atoms with Crippen LogP contribution in [0.4, 0.5) is 0 Å². The Hall–Kier alpha value is -0.682. The molecular formula is C35H67N2O8PSi4. The highest BCUT2D eigenvalue weighted by Crippen LogP contribution is 2.69. The second-order valence-corrected chi connectivity index (χ2v) is 39.1. The molecule has 3 saturated carbocycles. The molecule has 4 rings (SSSR count). The average molecular weight is 787 g/mol. The summed E-state index contributed by atoms with van der Waals surface area (Å²) in [5.41, 5.74) is 1.55. The fourth-order valence-corrected chi connectivity index (χ4v) is 18.6. The van der Waals surface area contributed by atoms with Crippen LogP contribution in [0.3, 0.4) is 0 Å². The number of hydrogen-bond acceptors (Lipinski definition) is 10. The van der Waals surface area contributed by atoms with Gasteiger partial charge in [-0.3, -0.25) is 4.52 Å². The normalized spacial score (nSPS) is 34.6. The summed E-state index contributed by atoms with van der Waals surface area (Å²) < 4.78 is 47.9. The van der Waals surface area contributed by atoms with Gasteiger partial charge in [-0.05, 0) is 141 Å². The van der Waals surface area contributed by atoms with Gasteiger partial charge < -0.3 is 27.0 Å². The Morgan fingerprint density at radius 1 is 0.880 bits per heavy atom. The van der Waals surface area contributed by atoms with E-state index >= 15 is 0 Å². The van der Waals surface area contributed by atoms with Gasteiger partial charge in [0.2, 0.25) is 0 Å². The number of rotatable bonds is 14. The molecule has 0 aliphatic heterocycles. The van der Waals surface area contributed by atoms with Crippen molar-refractivity contribution in [2.45, 2.75) is 136 Å². The summed E-state index contributed by atoms with van der Waals surface area (Å²) in [7, 11) is -9.62. The van der Waals surface area contributed by atoms with E-state index in [1.54, 1.807) is 14.2 Å². The molecule has 0 aromatic carbocycles. The number of fused-ring (bicyclic) bond motifs is 5. The van der Waals surface area contributed by atoms with Gasteiger partial charge in [0, 0.05) is 16.9 Å². The molecule has 7 unspecified atom stereocenters. The Kier molecular flexibility index (Phi) is 12.2. The molecular weight excluding hydrogens is 720 g/mol. The largest absolute Gasteiger partial charge is 0.455 e. The molecule has 0 spiro atoms. The lowest BCUT2D eigenvalue weighted by atomic mass is 9.46. The molecule has 7 atom stereocenters. The van der Waals surface area contributed by atoms with Gasteiger partial charge in [-0.15, -0.1) is 0 Å². The van der Waals surface area contributed by atoms with E-state index in [2.05, 4.69) is 76.5 Å². The van der Waals surface area contributed by atoms with Gasteiger partial charge in [-0.2, -0.15) is 0 Å². The van der Waals surface area contributed by atoms with Crippen molar-refractivity contribution in [3.05, 3.63) is 23.8 Å². The third kappa shape index (κ3) is 9.15. The van der Waals surface area contributed by atoms with Gasteiger partial charge in [-0.1, -0.05) is 35.8 Å². The second-order valence-electron chi connectivity index (χ2n) is 19.1. The molecule has 0 saturated heterocycles. The fraction of sp³-hybridized carbons (Fsp3) is 0.829. The zero-order valence-electron chi connectivity index (χ0n) is 33.9. The summed E-state index contributed by atoms with van der Waals surface area (Å²) in [6, 6.07) is 0. The minimum absolute atomic E-state index is 0.00356. The van der Waals surface area contributed by atoms with Crippen molar-refractivity contribution in [2.24, 2.45) is 38.9 Å². The molecule has 0 bridgehead atoms. The predicted molar refractivity (Wildman–Crippen MR) is 214 cm³/mol. The van der Waals surface area contributed by atoms with E-state index in [0.717, 1.165) is 37.8 Å². The monoisotopic (exact) mass is 786 g/mol. The molecule has 4 aliphatic rings. The van der Waals surface area contributed by atoms with Gasteiger partial charge in [0.25, 0.3) is 0 Å². The minimum atomic E-state index is -3.93. The minimum Gasteiger partial charge on any atom is -0.414 e. The Morgan fingerprint density at radius 2 is 1.50 bits per heavy atom. The topological polar surface area (TPSA) is 106 Å². The zero-order chi connectivity index (χ0) is 37.8. The van der Waals surface area contributed by atoms with E-state index in [-0.39, 0.29) is 23.5 Å². The van der Waals surface area contributed by atoms with Crippen molar-refractivity contribution >= 4 is 52.5 Å². The third-order valence-electron chi connectivity index (χ3n) is 10.6. The summed E-state index contributed by atoms with van der Waals surface area (Å²) in [6.07, 6.45) is 11.3. The van der Waals surface area contributed by atoms with Gasteiger partial charge in [0.15, 0.2) is 33.3 Å². The van der Waals surface area contributed by atoms with Crippen LogP contribution in [0, 0.1) is 28.6 Å². The van der Waals surface area contributed by atoms with E-state index in [1.807, 2.05) is 39.3 Å². The van der Waals surface area contributed by atoms with Crippen molar-refractivity contribution in [1.82, 2.24) is 0 Å². The first kappa shape index (κ1) is 42.1. The van der Waals surface area contributed by atoms with Gasteiger partial charge in [0.1, 0.15) is 37.9 Å². The molecule has 4 aliphatic carbocycles. The van der Waals surface area contributed by atoms with Crippen molar-refractivity contribution in [2.75, 3.05) is 20.8 Å². The van der Waals surface area contributed by atoms with Crippen LogP contribution in [0.1, 0.15) is 46.0 Å². The zero-order valence-corrected chi connectivity index (χ0v) is 38.8. The summed E-state index contributed by atoms with van der Waals surface area (Å²) in [6.45, 7) is 30.3. The first-order valence-corrected chi connectivity index (χ1v) is 33.5. The lowest BCUT2D eigenvalue weighted by Gasteiger charge is -2.62. The van der Waals surface area contributed by atoms with Crippen molar-refractivity contribution in [3.63, 3.8) is 0 Å². The highest BCUT2D eigenvalue weighted by molar-refractivity contribution is 7.52. The Balaban J connectivity index is 1.84. The van der Waals surface area contributed by atoms with Crippen LogP contribution in [0.5, 0.6) is 0 Å². The summed E-state index contributed by atoms with van der Waals surface area (Å²) in [4.78, 5) is 10.8. The maximum absolute atomic E-state index is 14.4. The summed E-state index contributed by atoms with van der Waals surface area (Å²) >= 11 is 0. The number of allylic oxidation sites excluding steroid dienone is 4. The molecule has 0 N–H and O–H groups in total. The highest BCUT2D eigenvalue weighted by Gasteiger charge is 2.69. The van der Waals surface area contributed by atoms with Crippen LogP contribution < -0.4 is 0 Å². The molecule has 10 nitrogen and oxygen atoms in total. The van der Waals surface area contributed by atoms with E-state index in [0.29, 0.717) is 23.5 Å². The number of oxime groups is 2. The first-order chi connectivity index (χ1) is 22.7. The summed E-state index contributed by atoms with van der Waals surface area (Å²) in [5.74, 6) is 1.04. The van der Waals surface area contributed by atoms with Gasteiger partial charge in [0.05, 0.1) is 0 Å². The molecule has 15 heteroatoms. The fourth-order valence-electron chi connectivity index (χ4n) is 9.45. The Labute approximate surface area is 307 Å². The number of phosphoric acid groups is 1. The van der Waals surface area contributed by atoms with E-state index in [1.165, 1.54) is 5.57 Å². The highest BCUT2D eigenvalue weighted by atomic mass is 31.2. The predicted octanol–water partition coefficient (Wildman–Crippen LogP) is 9.98. The number of hydrogen-bond donors (Lipinski definition) is 0. The average Bonchev–Trinajstić information content (AvgIpc) is 3.19. The second kappa shape index (κ2) is 14.5. The molecule has 3 fully saturated rings. The van der Waals surface area contributed by atoms with E-state index in [4.69, 9.17) is 36.6 Å². The molecule has 0 radical (unpaired) electrons. The summed E-state index contributed by atoms with van der Waals surface area (Å²) in [5, 5.41) is 8.97. The lowest BCUT2D eigenvalue weighted by molar-refractivity contribution is -0.133. The molecule has 0 amide bonds. The maximum Gasteiger partial charge on any atom is 0.455 e. The van der Waals surface area contributed by atoms with Crippen LogP contribution >= 0.6 is 7.82 Å². The van der Waals surface area contributed by atoms with E-state index in [9.17, 15) is 4.57 Å². The maximum atomic E-state index is 14.4. The molecule has 0 aromatic heterocycles. The lowest BCUT2D eigenvalue weighted by Crippen LogP contribution is -2.65. The Bertz CT molecular complexity index is 1410. The number of nitrogens with zero attached hydrogens (tertiary/aromatic N) is 2. The molecule has 0 aromatic rings. The third-order valence-corrected chi connectivity index (χ3v) is 19.2. The van der Waals surface area contributed by atoms with Crippen LogP contribution in [-0.4, -0.2) is 77.2 Å². The molecule has 286 valence electrons. The SMILES string of the molecule is CO/N=C1\C=CC2(C)C(=C1)CCC1C2C(O[Si](C)(C)C)CC2(C)C1CCC2(O[Si](C)(C)C)/C(COP(=O)(O[Si](C)(C)C)O[Si](C)(C)C)=N/OC. The van der Waals surface area contributed by atoms with Gasteiger partial charge in [-0.25, -0.2) is 4.57 Å². The van der Waals surface area contributed by atoms with Crippen LogP contribution in [0.15, 0.2) is 34.1 Å². The Morgan fingerprint density at radius 3 is 2.02 bits per heavy atom. The molecule has 0 heterocycles. The van der Waals surface area contributed by atoms with E-state index < -0.39 is 46.7 Å². The quantitative estimate of drug-likeness (QED) is 0.0742. The van der Waals surface area contributed by atoms with Gasteiger partial charge >= 0.3 is 7.82 Å². The van der Waals surface area contributed by atoms with Crippen molar-refractivity contribution in [3.8, 4) is 0 Å². The first-order valence-electron chi connectivity index (χ1n) is 18.4. The van der Waals surface area contributed by atoms with Crippen LogP contribution in [-0.2, 0) is 36.0 Å². The molecule has 50 heavy (non-hydrogen) atoms. The standard InChI is InChI=1S/C35H67N2O8PSi4/c1-33-21-19-27(36-39-3)23-26(33)17-18-28-29-20-22-35(43-48(8,9)10,34(29,2)24-30(32(28)33)42-47(5,6)7)31(37-40-4)25-41-46(38,44-49(11,12)13)45-50(14,15)16/h19,21,23,28-30,32H,17-18,20,22,24-25H2,1-16H3/b36-27+,37-31+. The smallest absolute Gasteiger partial charge is 0.414 e. The van der Waals surface area contributed by atoms with Crippen LogP contribution in [0.2, 0.25) is 78.6 Å². The van der Waals surface area contributed by atoms with Crippen molar-refractivity contribution in [1.29, 1.82) is 0 Å². The van der Waals surface area contributed by atoms with Crippen LogP contribution in [0.25, 0.3) is 0 Å².